The van der Waals surface area contributed by atoms with Crippen LogP contribution in [-0.2, 0) is 0 Å². The summed E-state index contributed by atoms with van der Waals surface area (Å²) >= 11 is 5.90. The Kier molecular flexibility index (Phi) is 5.10. The number of rotatable bonds is 3. The first-order chi connectivity index (χ1) is 9.22. The quantitative estimate of drug-likeness (QED) is 0.830. The molecular formula is C13H18ClN3O2. The van der Waals surface area contributed by atoms with Gasteiger partial charge in [0, 0.05) is 24.8 Å². The molecule has 2 unspecified atom stereocenters. The van der Waals surface area contributed by atoms with Crippen molar-refractivity contribution in [1.82, 2.24) is 15.3 Å². The lowest BCUT2D eigenvalue weighted by atomic mass is 9.95. The van der Waals surface area contributed by atoms with Gasteiger partial charge in [0.2, 0.25) is 0 Å². The lowest BCUT2D eigenvalue weighted by Gasteiger charge is -2.24. The van der Waals surface area contributed by atoms with E-state index in [0.29, 0.717) is 0 Å². The predicted molar refractivity (Wildman–Crippen MR) is 72.0 cm³/mol. The van der Waals surface area contributed by atoms with Crippen molar-refractivity contribution in [2.75, 3.05) is 6.61 Å². The summed E-state index contributed by atoms with van der Waals surface area (Å²) in [6, 6.07) is -0.00830. The molecule has 19 heavy (non-hydrogen) atoms. The largest absolute Gasteiger partial charge is 0.396 e. The number of carbonyl (C=O) groups is 1. The van der Waals surface area contributed by atoms with Gasteiger partial charge in [-0.25, -0.2) is 9.97 Å². The smallest absolute Gasteiger partial charge is 0.271 e. The third-order valence-corrected chi connectivity index (χ3v) is 3.87. The van der Waals surface area contributed by atoms with E-state index >= 15 is 0 Å². The van der Waals surface area contributed by atoms with Gasteiger partial charge in [0.25, 0.3) is 5.91 Å². The standard InChI is InChI=1S/C13H18ClN3O2/c14-10-6-15-8-16-12(10)13(19)17-11-5-3-1-2-4-9(11)7-18/h6,8-9,11,18H,1-5,7H2,(H,17,19). The monoisotopic (exact) mass is 283 g/mol. The average Bonchev–Trinajstić information content (AvgIpc) is 2.64. The van der Waals surface area contributed by atoms with Crippen molar-refractivity contribution in [3.8, 4) is 0 Å². The van der Waals surface area contributed by atoms with Crippen LogP contribution in [0.1, 0.15) is 42.6 Å². The molecule has 1 aliphatic carbocycles. The SMILES string of the molecule is O=C(NC1CCCCCC1CO)c1ncncc1Cl. The number of aliphatic hydroxyl groups excluding tert-OH is 1. The van der Waals surface area contributed by atoms with Gasteiger partial charge in [-0.1, -0.05) is 30.9 Å². The van der Waals surface area contributed by atoms with E-state index in [2.05, 4.69) is 15.3 Å². The van der Waals surface area contributed by atoms with Crippen LogP contribution in [0.4, 0.5) is 0 Å². The fourth-order valence-electron chi connectivity index (χ4n) is 2.51. The molecule has 6 heteroatoms. The van der Waals surface area contributed by atoms with Crippen LogP contribution in [0.15, 0.2) is 12.5 Å². The minimum absolute atomic E-state index is 0.00830. The molecule has 0 radical (unpaired) electrons. The van der Waals surface area contributed by atoms with Crippen LogP contribution in [0.25, 0.3) is 0 Å². The van der Waals surface area contributed by atoms with Crippen LogP contribution in [0.5, 0.6) is 0 Å². The normalized spacial score (nSPS) is 23.7. The van der Waals surface area contributed by atoms with E-state index in [0.717, 1.165) is 32.1 Å². The van der Waals surface area contributed by atoms with Crippen molar-refractivity contribution in [2.24, 2.45) is 5.92 Å². The Morgan fingerprint density at radius 1 is 1.42 bits per heavy atom. The van der Waals surface area contributed by atoms with Crippen LogP contribution in [0.3, 0.4) is 0 Å². The van der Waals surface area contributed by atoms with Crippen LogP contribution in [0.2, 0.25) is 5.02 Å². The zero-order chi connectivity index (χ0) is 13.7. The van der Waals surface area contributed by atoms with E-state index in [9.17, 15) is 9.90 Å². The molecule has 2 atom stereocenters. The minimum atomic E-state index is -0.294. The van der Waals surface area contributed by atoms with Gasteiger partial charge in [0.15, 0.2) is 0 Å². The number of hydrogen-bond donors (Lipinski definition) is 2. The number of hydrogen-bond acceptors (Lipinski definition) is 4. The molecule has 0 saturated heterocycles. The number of halogens is 1. The van der Waals surface area contributed by atoms with Gasteiger partial charge in [-0.3, -0.25) is 4.79 Å². The van der Waals surface area contributed by atoms with Crippen molar-refractivity contribution in [2.45, 2.75) is 38.1 Å². The second-order valence-corrected chi connectivity index (χ2v) is 5.29. The molecule has 2 N–H and O–H groups in total. The Morgan fingerprint density at radius 2 is 2.21 bits per heavy atom. The molecule has 1 aromatic heterocycles. The van der Waals surface area contributed by atoms with Crippen molar-refractivity contribution >= 4 is 17.5 Å². The van der Waals surface area contributed by atoms with Crippen molar-refractivity contribution < 1.29 is 9.90 Å². The molecule has 2 rings (SSSR count). The summed E-state index contributed by atoms with van der Waals surface area (Å²) < 4.78 is 0. The van der Waals surface area contributed by atoms with Gasteiger partial charge in [-0.05, 0) is 12.8 Å². The van der Waals surface area contributed by atoms with E-state index in [1.54, 1.807) is 0 Å². The predicted octanol–water partition coefficient (Wildman–Crippen LogP) is 1.80. The summed E-state index contributed by atoms with van der Waals surface area (Å²) in [5.74, 6) is -0.176. The molecular weight excluding hydrogens is 266 g/mol. The molecule has 0 aromatic carbocycles. The summed E-state index contributed by atoms with van der Waals surface area (Å²) in [6.07, 6.45) is 7.86. The van der Waals surface area contributed by atoms with Gasteiger partial charge in [-0.15, -0.1) is 0 Å². The highest BCUT2D eigenvalue weighted by atomic mass is 35.5. The van der Waals surface area contributed by atoms with Crippen molar-refractivity contribution in [3.63, 3.8) is 0 Å². The first-order valence-corrected chi connectivity index (χ1v) is 6.97. The summed E-state index contributed by atoms with van der Waals surface area (Å²) in [5, 5.41) is 12.6. The fourth-order valence-corrected chi connectivity index (χ4v) is 2.70. The molecule has 0 bridgehead atoms. The lowest BCUT2D eigenvalue weighted by molar-refractivity contribution is 0.0894. The molecule has 0 spiro atoms. The number of aromatic nitrogens is 2. The highest BCUT2D eigenvalue weighted by Crippen LogP contribution is 2.23. The molecule has 5 nitrogen and oxygen atoms in total. The van der Waals surface area contributed by atoms with Gasteiger partial charge in [-0.2, -0.15) is 0 Å². The number of carbonyl (C=O) groups excluding carboxylic acids is 1. The number of amides is 1. The highest BCUT2D eigenvalue weighted by molar-refractivity contribution is 6.33. The highest BCUT2D eigenvalue weighted by Gasteiger charge is 2.25. The Labute approximate surface area is 117 Å². The molecule has 104 valence electrons. The molecule has 1 saturated carbocycles. The summed E-state index contributed by atoms with van der Waals surface area (Å²) in [7, 11) is 0. The van der Waals surface area contributed by atoms with Crippen LogP contribution < -0.4 is 5.32 Å². The van der Waals surface area contributed by atoms with Crippen LogP contribution >= 0.6 is 11.6 Å². The van der Waals surface area contributed by atoms with Gasteiger partial charge in [0.05, 0.1) is 5.02 Å². The number of aliphatic hydroxyl groups is 1. The molecule has 1 fully saturated rings. The summed E-state index contributed by atoms with van der Waals surface area (Å²) in [4.78, 5) is 19.8. The number of nitrogens with one attached hydrogen (secondary N) is 1. The molecule has 1 heterocycles. The zero-order valence-corrected chi connectivity index (χ0v) is 11.4. The van der Waals surface area contributed by atoms with E-state index in [1.807, 2.05) is 0 Å². The first kappa shape index (κ1) is 14.2. The van der Waals surface area contributed by atoms with E-state index in [4.69, 9.17) is 11.6 Å². The second kappa shape index (κ2) is 6.82. The Morgan fingerprint density at radius 3 is 2.95 bits per heavy atom. The Hall–Kier alpha value is -1.20. The minimum Gasteiger partial charge on any atom is -0.396 e. The molecule has 1 aromatic rings. The summed E-state index contributed by atoms with van der Waals surface area (Å²) in [5.41, 5.74) is 0.192. The average molecular weight is 284 g/mol. The maximum Gasteiger partial charge on any atom is 0.271 e. The van der Waals surface area contributed by atoms with Crippen LogP contribution in [0, 0.1) is 5.92 Å². The fraction of sp³-hybridized carbons (Fsp3) is 0.615. The summed E-state index contributed by atoms with van der Waals surface area (Å²) in [6.45, 7) is 0.0997. The zero-order valence-electron chi connectivity index (χ0n) is 10.7. The first-order valence-electron chi connectivity index (χ1n) is 6.59. The van der Waals surface area contributed by atoms with Gasteiger partial charge < -0.3 is 10.4 Å². The molecule has 1 amide bonds. The lowest BCUT2D eigenvalue weighted by Crippen LogP contribution is -2.41. The molecule has 0 aliphatic heterocycles. The van der Waals surface area contributed by atoms with E-state index < -0.39 is 0 Å². The third kappa shape index (κ3) is 3.64. The topological polar surface area (TPSA) is 75.1 Å². The van der Waals surface area contributed by atoms with Crippen LogP contribution in [-0.4, -0.2) is 33.6 Å². The number of nitrogens with zero attached hydrogens (tertiary/aromatic N) is 2. The molecule has 1 aliphatic rings. The van der Waals surface area contributed by atoms with Crippen molar-refractivity contribution in [1.29, 1.82) is 0 Å². The van der Waals surface area contributed by atoms with E-state index in [-0.39, 0.29) is 35.2 Å². The second-order valence-electron chi connectivity index (χ2n) is 4.88. The van der Waals surface area contributed by atoms with Gasteiger partial charge in [0.1, 0.15) is 12.0 Å². The van der Waals surface area contributed by atoms with Gasteiger partial charge >= 0.3 is 0 Å². The maximum absolute atomic E-state index is 12.1. The Bertz CT molecular complexity index is 442. The van der Waals surface area contributed by atoms with E-state index in [1.165, 1.54) is 12.5 Å². The third-order valence-electron chi connectivity index (χ3n) is 3.59. The maximum atomic E-state index is 12.1. The Balaban J connectivity index is 2.06. The van der Waals surface area contributed by atoms with Crippen molar-refractivity contribution in [3.05, 3.63) is 23.2 Å².